The highest BCUT2D eigenvalue weighted by atomic mass is 16.5. The summed E-state index contributed by atoms with van der Waals surface area (Å²) in [7, 11) is 0. The van der Waals surface area contributed by atoms with Crippen molar-refractivity contribution in [2.24, 2.45) is 0 Å². The Balaban J connectivity index is 1.79. The van der Waals surface area contributed by atoms with E-state index in [1.165, 1.54) is 0 Å². The number of hydrogen-bond acceptors (Lipinski definition) is 4. The lowest BCUT2D eigenvalue weighted by Crippen LogP contribution is -1.94. The third-order valence-corrected chi connectivity index (χ3v) is 2.84. The molecule has 0 saturated heterocycles. The minimum Gasteiger partial charge on any atom is -0.494 e. The predicted molar refractivity (Wildman–Crippen MR) is 75.3 cm³/mol. The van der Waals surface area contributed by atoms with Gasteiger partial charge in [0.15, 0.2) is 0 Å². The van der Waals surface area contributed by atoms with Crippen LogP contribution in [0.15, 0.2) is 47.1 Å². The largest absolute Gasteiger partial charge is 0.494 e. The Morgan fingerprint density at radius 2 is 2.05 bits per heavy atom. The molecular formula is C15H15N3O2. The SMILES string of the molecule is CCCOc1ccc(-c2noc(-c3ccc[nH]3)n2)cc1. The van der Waals surface area contributed by atoms with Crippen LogP contribution in [-0.4, -0.2) is 21.7 Å². The second-order valence-corrected chi connectivity index (χ2v) is 4.38. The molecule has 102 valence electrons. The highest BCUT2D eigenvalue weighted by molar-refractivity contribution is 5.58. The van der Waals surface area contributed by atoms with Crippen molar-refractivity contribution in [1.29, 1.82) is 0 Å². The summed E-state index contributed by atoms with van der Waals surface area (Å²) < 4.78 is 10.8. The Morgan fingerprint density at radius 3 is 2.75 bits per heavy atom. The minimum absolute atomic E-state index is 0.483. The van der Waals surface area contributed by atoms with E-state index in [2.05, 4.69) is 22.0 Å². The Labute approximate surface area is 116 Å². The van der Waals surface area contributed by atoms with Gasteiger partial charge >= 0.3 is 0 Å². The zero-order valence-corrected chi connectivity index (χ0v) is 11.2. The molecule has 0 aliphatic rings. The van der Waals surface area contributed by atoms with Crippen molar-refractivity contribution >= 4 is 0 Å². The van der Waals surface area contributed by atoms with Gasteiger partial charge in [0.1, 0.15) is 11.4 Å². The minimum atomic E-state index is 0.483. The lowest BCUT2D eigenvalue weighted by Gasteiger charge is -2.03. The summed E-state index contributed by atoms with van der Waals surface area (Å²) in [5.74, 6) is 1.90. The second kappa shape index (κ2) is 5.61. The molecule has 3 rings (SSSR count). The number of hydrogen-bond donors (Lipinski definition) is 1. The lowest BCUT2D eigenvalue weighted by atomic mass is 10.2. The zero-order valence-electron chi connectivity index (χ0n) is 11.2. The van der Waals surface area contributed by atoms with Crippen LogP contribution in [0.5, 0.6) is 5.75 Å². The van der Waals surface area contributed by atoms with E-state index in [-0.39, 0.29) is 0 Å². The highest BCUT2D eigenvalue weighted by Crippen LogP contribution is 2.23. The average Bonchev–Trinajstić information content (AvgIpc) is 3.16. The van der Waals surface area contributed by atoms with Crippen molar-refractivity contribution in [3.63, 3.8) is 0 Å². The number of aromatic nitrogens is 3. The summed E-state index contributed by atoms with van der Waals surface area (Å²) in [5, 5.41) is 3.99. The van der Waals surface area contributed by atoms with Crippen LogP contribution in [0.25, 0.3) is 23.0 Å². The zero-order chi connectivity index (χ0) is 13.8. The van der Waals surface area contributed by atoms with Crippen LogP contribution in [0.3, 0.4) is 0 Å². The van der Waals surface area contributed by atoms with Gasteiger partial charge in [-0.15, -0.1) is 0 Å². The van der Waals surface area contributed by atoms with Crippen LogP contribution in [-0.2, 0) is 0 Å². The maximum absolute atomic E-state index is 5.54. The normalized spacial score (nSPS) is 10.7. The van der Waals surface area contributed by atoms with Crippen LogP contribution >= 0.6 is 0 Å². The number of rotatable bonds is 5. The maximum atomic E-state index is 5.54. The standard InChI is InChI=1S/C15H15N3O2/c1-2-10-19-12-7-5-11(6-8-12)14-17-15(20-18-14)13-4-3-9-16-13/h3-9,16H,2,10H2,1H3. The second-order valence-electron chi connectivity index (χ2n) is 4.38. The van der Waals surface area contributed by atoms with Crippen molar-refractivity contribution in [2.75, 3.05) is 6.61 Å². The molecule has 1 aromatic carbocycles. The summed E-state index contributed by atoms with van der Waals surface area (Å²) in [6.07, 6.45) is 2.81. The number of aromatic amines is 1. The average molecular weight is 269 g/mol. The monoisotopic (exact) mass is 269 g/mol. The number of benzene rings is 1. The molecule has 0 fully saturated rings. The number of ether oxygens (including phenoxy) is 1. The first-order chi connectivity index (χ1) is 9.86. The summed E-state index contributed by atoms with van der Waals surface area (Å²) in [4.78, 5) is 7.40. The molecular weight excluding hydrogens is 254 g/mol. The molecule has 0 aliphatic heterocycles. The summed E-state index contributed by atoms with van der Waals surface area (Å²) in [5.41, 5.74) is 1.71. The van der Waals surface area contributed by atoms with Gasteiger partial charge in [-0.1, -0.05) is 12.1 Å². The quantitative estimate of drug-likeness (QED) is 0.769. The summed E-state index contributed by atoms with van der Waals surface area (Å²) in [6, 6.07) is 11.5. The van der Waals surface area contributed by atoms with Gasteiger partial charge in [-0.25, -0.2) is 0 Å². The van der Waals surface area contributed by atoms with Gasteiger partial charge in [-0.05, 0) is 42.8 Å². The molecule has 20 heavy (non-hydrogen) atoms. The first-order valence-electron chi connectivity index (χ1n) is 6.57. The Bertz CT molecular complexity index is 657. The molecule has 0 saturated carbocycles. The van der Waals surface area contributed by atoms with E-state index in [1.54, 1.807) is 0 Å². The van der Waals surface area contributed by atoms with Gasteiger partial charge in [-0.3, -0.25) is 0 Å². The fraction of sp³-hybridized carbons (Fsp3) is 0.200. The molecule has 2 aromatic heterocycles. The van der Waals surface area contributed by atoms with Crippen molar-refractivity contribution < 1.29 is 9.26 Å². The predicted octanol–water partition coefficient (Wildman–Crippen LogP) is 3.52. The van der Waals surface area contributed by atoms with Gasteiger partial charge in [0.05, 0.1) is 6.61 Å². The number of H-pyrrole nitrogens is 1. The van der Waals surface area contributed by atoms with Gasteiger partial charge in [-0.2, -0.15) is 4.98 Å². The van der Waals surface area contributed by atoms with Crippen molar-refractivity contribution in [3.8, 4) is 28.7 Å². The van der Waals surface area contributed by atoms with Crippen LogP contribution in [0.2, 0.25) is 0 Å². The first kappa shape index (κ1) is 12.5. The maximum Gasteiger partial charge on any atom is 0.274 e. The van der Waals surface area contributed by atoms with Gasteiger partial charge in [0, 0.05) is 11.8 Å². The van der Waals surface area contributed by atoms with E-state index in [9.17, 15) is 0 Å². The Morgan fingerprint density at radius 1 is 1.20 bits per heavy atom. The molecule has 0 amide bonds. The van der Waals surface area contributed by atoms with Crippen LogP contribution < -0.4 is 4.74 Å². The molecule has 0 spiro atoms. The summed E-state index contributed by atoms with van der Waals surface area (Å²) in [6.45, 7) is 2.80. The number of nitrogens with one attached hydrogen (secondary N) is 1. The molecule has 0 bridgehead atoms. The third-order valence-electron chi connectivity index (χ3n) is 2.84. The Kier molecular flexibility index (Phi) is 3.50. The fourth-order valence-electron chi connectivity index (χ4n) is 1.83. The van der Waals surface area contributed by atoms with Crippen molar-refractivity contribution in [2.45, 2.75) is 13.3 Å². The van der Waals surface area contributed by atoms with E-state index in [4.69, 9.17) is 9.26 Å². The first-order valence-corrected chi connectivity index (χ1v) is 6.57. The van der Waals surface area contributed by atoms with E-state index in [0.29, 0.717) is 11.7 Å². The van der Waals surface area contributed by atoms with Crippen LogP contribution in [0.1, 0.15) is 13.3 Å². The van der Waals surface area contributed by atoms with Gasteiger partial charge in [0.25, 0.3) is 5.89 Å². The molecule has 1 N–H and O–H groups in total. The van der Waals surface area contributed by atoms with Crippen LogP contribution in [0.4, 0.5) is 0 Å². The lowest BCUT2D eigenvalue weighted by molar-refractivity contribution is 0.317. The van der Waals surface area contributed by atoms with E-state index in [1.807, 2.05) is 42.6 Å². The molecule has 2 heterocycles. The molecule has 0 radical (unpaired) electrons. The molecule has 3 aromatic rings. The van der Waals surface area contributed by atoms with E-state index < -0.39 is 0 Å². The third kappa shape index (κ3) is 2.56. The Hall–Kier alpha value is -2.56. The van der Waals surface area contributed by atoms with E-state index >= 15 is 0 Å². The topological polar surface area (TPSA) is 63.9 Å². The van der Waals surface area contributed by atoms with Gasteiger partial charge < -0.3 is 14.2 Å². The smallest absolute Gasteiger partial charge is 0.274 e. The molecule has 5 nitrogen and oxygen atoms in total. The molecule has 5 heteroatoms. The molecule has 0 aliphatic carbocycles. The molecule has 0 atom stereocenters. The molecule has 0 unspecified atom stereocenters. The van der Waals surface area contributed by atoms with Crippen molar-refractivity contribution in [3.05, 3.63) is 42.6 Å². The van der Waals surface area contributed by atoms with Crippen molar-refractivity contribution in [1.82, 2.24) is 15.1 Å². The van der Waals surface area contributed by atoms with E-state index in [0.717, 1.165) is 30.0 Å². The number of nitrogens with zero attached hydrogens (tertiary/aromatic N) is 2. The highest BCUT2D eigenvalue weighted by Gasteiger charge is 2.10. The van der Waals surface area contributed by atoms with Gasteiger partial charge in [0.2, 0.25) is 5.82 Å². The van der Waals surface area contributed by atoms with Crippen LogP contribution in [0, 0.1) is 0 Å². The fourth-order valence-corrected chi connectivity index (χ4v) is 1.83. The summed E-state index contributed by atoms with van der Waals surface area (Å²) >= 11 is 0.